The zero-order valence-electron chi connectivity index (χ0n) is 13.8. The summed E-state index contributed by atoms with van der Waals surface area (Å²) >= 11 is 0. The first-order valence-corrected chi connectivity index (χ1v) is 8.28. The number of carbonyl (C=O) groups excluding carboxylic acids is 2. The maximum atomic E-state index is 12.4. The van der Waals surface area contributed by atoms with Gasteiger partial charge in [-0.05, 0) is 31.4 Å². The number of nitrogens with zero attached hydrogens (tertiary/aromatic N) is 1. The molecular weight excluding hydrogens is 304 g/mol. The van der Waals surface area contributed by atoms with Crippen molar-refractivity contribution >= 4 is 11.8 Å². The van der Waals surface area contributed by atoms with E-state index in [4.69, 9.17) is 4.42 Å². The van der Waals surface area contributed by atoms with Gasteiger partial charge in [-0.3, -0.25) is 9.59 Å². The van der Waals surface area contributed by atoms with E-state index >= 15 is 0 Å². The molecule has 24 heavy (non-hydrogen) atoms. The van der Waals surface area contributed by atoms with Gasteiger partial charge in [0.15, 0.2) is 0 Å². The van der Waals surface area contributed by atoms with E-state index in [2.05, 4.69) is 5.32 Å². The van der Waals surface area contributed by atoms with Crippen LogP contribution in [0.1, 0.15) is 34.3 Å². The Balaban J connectivity index is 1.55. The van der Waals surface area contributed by atoms with Crippen LogP contribution in [0.2, 0.25) is 0 Å². The number of hydrogen-bond acceptors (Lipinski definition) is 3. The van der Waals surface area contributed by atoms with Gasteiger partial charge in [-0.1, -0.05) is 29.8 Å². The topological polar surface area (TPSA) is 62.6 Å². The number of amides is 2. The van der Waals surface area contributed by atoms with Gasteiger partial charge in [-0.15, -0.1) is 0 Å². The van der Waals surface area contributed by atoms with Gasteiger partial charge >= 0.3 is 0 Å². The van der Waals surface area contributed by atoms with E-state index in [0.717, 1.165) is 18.4 Å². The average molecular weight is 326 g/mol. The highest BCUT2D eigenvalue weighted by atomic mass is 16.3. The van der Waals surface area contributed by atoms with Crippen LogP contribution in [0.25, 0.3) is 0 Å². The average Bonchev–Trinajstić information content (AvgIpc) is 3.15. The number of aryl methyl sites for hydroxylation is 1. The molecule has 5 nitrogen and oxygen atoms in total. The molecule has 1 aromatic heterocycles. The molecule has 1 aromatic carbocycles. The van der Waals surface area contributed by atoms with Crippen LogP contribution >= 0.6 is 0 Å². The normalized spacial score (nSPS) is 17.5. The number of piperidine rings is 1. The summed E-state index contributed by atoms with van der Waals surface area (Å²) in [5.74, 6) is -0.208. The van der Waals surface area contributed by atoms with Crippen LogP contribution < -0.4 is 5.32 Å². The molecule has 0 spiro atoms. The van der Waals surface area contributed by atoms with Crippen LogP contribution in [0.3, 0.4) is 0 Å². The molecule has 0 bridgehead atoms. The van der Waals surface area contributed by atoms with Crippen molar-refractivity contribution < 1.29 is 14.0 Å². The molecule has 2 aromatic rings. The van der Waals surface area contributed by atoms with Gasteiger partial charge in [0.25, 0.3) is 5.91 Å². The highest BCUT2D eigenvalue weighted by Crippen LogP contribution is 2.19. The first-order valence-electron chi connectivity index (χ1n) is 8.28. The minimum absolute atomic E-state index is 0.0141. The Kier molecular flexibility index (Phi) is 4.99. The van der Waals surface area contributed by atoms with E-state index in [0.29, 0.717) is 25.2 Å². The fourth-order valence-corrected chi connectivity index (χ4v) is 2.98. The second-order valence-corrected chi connectivity index (χ2v) is 6.31. The fraction of sp³-hybridized carbons (Fsp3) is 0.368. The highest BCUT2D eigenvalue weighted by molar-refractivity contribution is 5.94. The summed E-state index contributed by atoms with van der Waals surface area (Å²) in [7, 11) is 0. The smallest absolute Gasteiger partial charge is 0.257 e. The molecule has 0 radical (unpaired) electrons. The number of nitrogens with one attached hydrogen (secondary N) is 1. The third-order valence-electron chi connectivity index (χ3n) is 4.43. The molecule has 2 amide bonds. The van der Waals surface area contributed by atoms with Gasteiger partial charge in [0.05, 0.1) is 17.7 Å². The van der Waals surface area contributed by atoms with Crippen LogP contribution in [-0.4, -0.2) is 29.8 Å². The van der Waals surface area contributed by atoms with Crippen LogP contribution in [0.5, 0.6) is 0 Å². The maximum absolute atomic E-state index is 12.4. The molecule has 1 fully saturated rings. The molecular formula is C19H22N2O3. The van der Waals surface area contributed by atoms with Crippen LogP contribution in [0.4, 0.5) is 0 Å². The lowest BCUT2D eigenvalue weighted by Gasteiger charge is -2.31. The van der Waals surface area contributed by atoms with Crippen LogP contribution in [-0.2, 0) is 11.3 Å². The molecule has 2 heterocycles. The number of benzene rings is 1. The number of carbonyl (C=O) groups is 2. The second-order valence-electron chi connectivity index (χ2n) is 6.31. The summed E-state index contributed by atoms with van der Waals surface area (Å²) in [5.41, 5.74) is 2.82. The van der Waals surface area contributed by atoms with Crippen molar-refractivity contribution in [3.63, 3.8) is 0 Å². The third kappa shape index (κ3) is 3.85. The molecule has 5 heteroatoms. The Morgan fingerprint density at radius 1 is 1.25 bits per heavy atom. The van der Waals surface area contributed by atoms with E-state index in [1.165, 1.54) is 18.1 Å². The first-order chi connectivity index (χ1) is 11.6. The zero-order chi connectivity index (χ0) is 16.9. The van der Waals surface area contributed by atoms with E-state index in [1.54, 1.807) is 11.0 Å². The third-order valence-corrected chi connectivity index (χ3v) is 4.43. The van der Waals surface area contributed by atoms with E-state index < -0.39 is 0 Å². The summed E-state index contributed by atoms with van der Waals surface area (Å²) < 4.78 is 4.97. The predicted octanol–water partition coefficient (Wildman–Crippen LogP) is 2.76. The number of likely N-dealkylation sites (tertiary alicyclic amines) is 1. The van der Waals surface area contributed by atoms with Crippen LogP contribution in [0, 0.1) is 12.8 Å². The van der Waals surface area contributed by atoms with Crippen molar-refractivity contribution in [2.75, 3.05) is 13.1 Å². The fourth-order valence-electron chi connectivity index (χ4n) is 2.98. The van der Waals surface area contributed by atoms with Gasteiger partial charge in [0, 0.05) is 19.6 Å². The number of hydrogen-bond donors (Lipinski definition) is 1. The van der Waals surface area contributed by atoms with Gasteiger partial charge in [-0.25, -0.2) is 0 Å². The van der Waals surface area contributed by atoms with Gasteiger partial charge < -0.3 is 14.6 Å². The highest BCUT2D eigenvalue weighted by Gasteiger charge is 2.29. The monoisotopic (exact) mass is 326 g/mol. The van der Waals surface area contributed by atoms with Gasteiger partial charge in [0.1, 0.15) is 6.26 Å². The zero-order valence-corrected chi connectivity index (χ0v) is 13.8. The van der Waals surface area contributed by atoms with Crippen molar-refractivity contribution in [1.82, 2.24) is 10.2 Å². The number of furan rings is 1. The molecule has 1 aliphatic heterocycles. The quantitative estimate of drug-likeness (QED) is 0.940. The molecule has 126 valence electrons. The Bertz CT molecular complexity index is 692. The van der Waals surface area contributed by atoms with E-state index in [1.807, 2.05) is 31.2 Å². The standard InChI is InChI=1S/C19H22N2O3/c1-14-4-6-15(7-5-14)11-20-18(22)16-3-2-9-21(12-16)19(23)17-8-10-24-13-17/h4-8,10,13,16H,2-3,9,11-12H2,1H3,(H,20,22). The Morgan fingerprint density at radius 2 is 2.04 bits per heavy atom. The first kappa shape index (κ1) is 16.3. The lowest BCUT2D eigenvalue weighted by Crippen LogP contribution is -2.45. The second kappa shape index (κ2) is 7.34. The SMILES string of the molecule is Cc1ccc(CNC(=O)C2CCCN(C(=O)c3ccoc3)C2)cc1. The molecule has 1 atom stereocenters. The van der Waals surface area contributed by atoms with Crippen molar-refractivity contribution in [1.29, 1.82) is 0 Å². The summed E-state index contributed by atoms with van der Waals surface area (Å²) in [5, 5.41) is 2.99. The summed E-state index contributed by atoms with van der Waals surface area (Å²) in [6, 6.07) is 9.76. The van der Waals surface area contributed by atoms with Crippen LogP contribution in [0.15, 0.2) is 47.3 Å². The van der Waals surface area contributed by atoms with Crippen molar-refractivity contribution in [3.05, 3.63) is 59.5 Å². The molecule has 1 unspecified atom stereocenters. The molecule has 0 saturated carbocycles. The molecule has 1 saturated heterocycles. The van der Waals surface area contributed by atoms with Crippen molar-refractivity contribution in [2.45, 2.75) is 26.3 Å². The minimum Gasteiger partial charge on any atom is -0.472 e. The van der Waals surface area contributed by atoms with Gasteiger partial charge in [0.2, 0.25) is 5.91 Å². The van der Waals surface area contributed by atoms with Crippen molar-refractivity contribution in [2.24, 2.45) is 5.92 Å². The minimum atomic E-state index is -0.153. The van der Waals surface area contributed by atoms with E-state index in [-0.39, 0.29) is 17.7 Å². The summed E-state index contributed by atoms with van der Waals surface area (Å²) in [4.78, 5) is 26.5. The molecule has 0 aliphatic carbocycles. The van der Waals surface area contributed by atoms with Gasteiger partial charge in [-0.2, -0.15) is 0 Å². The molecule has 1 aliphatic rings. The Morgan fingerprint density at radius 3 is 2.75 bits per heavy atom. The lowest BCUT2D eigenvalue weighted by molar-refractivity contribution is -0.126. The lowest BCUT2D eigenvalue weighted by atomic mass is 9.96. The Hall–Kier alpha value is -2.56. The summed E-state index contributed by atoms with van der Waals surface area (Å²) in [6.07, 6.45) is 4.59. The molecule has 1 N–H and O–H groups in total. The maximum Gasteiger partial charge on any atom is 0.257 e. The molecule has 3 rings (SSSR count). The summed E-state index contributed by atoms with van der Waals surface area (Å²) in [6.45, 7) is 3.71. The number of rotatable bonds is 4. The largest absolute Gasteiger partial charge is 0.472 e. The van der Waals surface area contributed by atoms with Crippen molar-refractivity contribution in [3.8, 4) is 0 Å². The Labute approximate surface area is 141 Å². The van der Waals surface area contributed by atoms with E-state index in [9.17, 15) is 9.59 Å². The predicted molar refractivity (Wildman–Crippen MR) is 90.4 cm³/mol.